The van der Waals surface area contributed by atoms with Crippen LogP contribution < -0.4 is 4.72 Å². The largest absolute Gasteiger partial charge is 0.379 e. The predicted molar refractivity (Wildman–Crippen MR) is 91.0 cm³/mol. The van der Waals surface area contributed by atoms with E-state index in [0.717, 1.165) is 5.56 Å². The van der Waals surface area contributed by atoms with Crippen molar-refractivity contribution in [1.29, 1.82) is 0 Å². The van der Waals surface area contributed by atoms with E-state index in [1.165, 1.54) is 23.5 Å². The summed E-state index contributed by atoms with van der Waals surface area (Å²) in [5, 5.41) is 1.73. The van der Waals surface area contributed by atoms with Crippen LogP contribution in [0.25, 0.3) is 0 Å². The van der Waals surface area contributed by atoms with E-state index < -0.39 is 10.0 Å². The topological polar surface area (TPSA) is 58.6 Å². The zero-order chi connectivity index (χ0) is 17.0. The quantitative estimate of drug-likeness (QED) is 0.847. The molecule has 1 N–H and O–H groups in total. The van der Waals surface area contributed by atoms with Gasteiger partial charge in [-0.2, -0.15) is 0 Å². The van der Waals surface area contributed by atoms with Crippen molar-refractivity contribution in [2.45, 2.75) is 10.3 Å². The summed E-state index contributed by atoms with van der Waals surface area (Å²) in [6, 6.07) is 9.33. The summed E-state index contributed by atoms with van der Waals surface area (Å²) in [6.07, 6.45) is 0. The first kappa shape index (κ1) is 17.5. The Labute approximate surface area is 145 Å². The second-order valence-corrected chi connectivity index (χ2v) is 8.44. The molecule has 0 spiro atoms. The molecule has 1 aliphatic rings. The van der Waals surface area contributed by atoms with Gasteiger partial charge in [0, 0.05) is 25.7 Å². The van der Waals surface area contributed by atoms with Gasteiger partial charge in [0.05, 0.1) is 13.2 Å². The lowest BCUT2D eigenvalue weighted by atomic mass is 10.0. The molecule has 0 saturated carbocycles. The molecule has 0 amide bonds. The second-order valence-electron chi connectivity index (χ2n) is 5.50. The summed E-state index contributed by atoms with van der Waals surface area (Å²) >= 11 is 1.18. The number of hydrogen-bond acceptors (Lipinski definition) is 5. The molecule has 130 valence electrons. The number of halogens is 1. The van der Waals surface area contributed by atoms with E-state index in [1.807, 2.05) is 0 Å². The maximum Gasteiger partial charge on any atom is 0.250 e. The first-order valence-electron chi connectivity index (χ1n) is 7.67. The monoisotopic (exact) mass is 370 g/mol. The Bertz CT molecular complexity index is 742. The summed E-state index contributed by atoms with van der Waals surface area (Å²) in [5.41, 5.74) is 0.882. The van der Waals surface area contributed by atoms with Crippen molar-refractivity contribution in [3.05, 3.63) is 53.2 Å². The summed E-state index contributed by atoms with van der Waals surface area (Å²) in [5.74, 6) is -0.307. The van der Waals surface area contributed by atoms with Crippen LogP contribution in [0.4, 0.5) is 4.39 Å². The molecule has 24 heavy (non-hydrogen) atoms. The van der Waals surface area contributed by atoms with Crippen molar-refractivity contribution in [1.82, 2.24) is 9.62 Å². The first-order chi connectivity index (χ1) is 11.6. The van der Waals surface area contributed by atoms with E-state index in [2.05, 4.69) is 9.62 Å². The Morgan fingerprint density at radius 1 is 1.21 bits per heavy atom. The van der Waals surface area contributed by atoms with Gasteiger partial charge < -0.3 is 4.74 Å². The van der Waals surface area contributed by atoms with E-state index >= 15 is 0 Å². The number of hydrogen-bond donors (Lipinski definition) is 1. The Balaban J connectivity index is 1.78. The zero-order valence-electron chi connectivity index (χ0n) is 13.0. The van der Waals surface area contributed by atoms with Gasteiger partial charge in [-0.25, -0.2) is 17.5 Å². The van der Waals surface area contributed by atoms with Crippen LogP contribution in [-0.4, -0.2) is 46.2 Å². The van der Waals surface area contributed by atoms with E-state index in [4.69, 9.17) is 4.74 Å². The fourth-order valence-electron chi connectivity index (χ4n) is 2.71. The van der Waals surface area contributed by atoms with Crippen molar-refractivity contribution in [2.24, 2.45) is 0 Å². The molecule has 1 atom stereocenters. The third-order valence-electron chi connectivity index (χ3n) is 3.97. The minimum absolute atomic E-state index is 0.163. The number of benzene rings is 1. The molecule has 1 saturated heterocycles. The van der Waals surface area contributed by atoms with Gasteiger partial charge in [-0.1, -0.05) is 18.2 Å². The van der Waals surface area contributed by atoms with Crippen LogP contribution in [0.2, 0.25) is 0 Å². The number of nitrogens with one attached hydrogen (secondary N) is 1. The van der Waals surface area contributed by atoms with Crippen molar-refractivity contribution in [3.63, 3.8) is 0 Å². The highest BCUT2D eigenvalue weighted by Gasteiger charge is 2.25. The maximum absolute atomic E-state index is 13.2. The van der Waals surface area contributed by atoms with Crippen LogP contribution in [0.5, 0.6) is 0 Å². The number of morpholine rings is 1. The molecule has 3 rings (SSSR count). The zero-order valence-corrected chi connectivity index (χ0v) is 14.7. The molecule has 1 aromatic heterocycles. The fourth-order valence-corrected chi connectivity index (χ4v) is 4.78. The van der Waals surface area contributed by atoms with Crippen molar-refractivity contribution >= 4 is 21.4 Å². The van der Waals surface area contributed by atoms with E-state index in [0.29, 0.717) is 30.5 Å². The van der Waals surface area contributed by atoms with Crippen LogP contribution in [0.3, 0.4) is 0 Å². The Hall–Kier alpha value is -1.32. The Morgan fingerprint density at radius 2 is 1.92 bits per heavy atom. The van der Waals surface area contributed by atoms with Gasteiger partial charge in [0.15, 0.2) is 0 Å². The molecule has 1 aromatic carbocycles. The molecule has 1 unspecified atom stereocenters. The number of sulfonamides is 1. The Morgan fingerprint density at radius 3 is 2.54 bits per heavy atom. The second kappa shape index (κ2) is 7.71. The SMILES string of the molecule is O=S(=O)(NCC(c1ccc(F)cc1)N1CCOCC1)c1cccs1. The van der Waals surface area contributed by atoms with Crippen LogP contribution in [0.15, 0.2) is 46.0 Å². The number of rotatable bonds is 6. The molecule has 0 aliphatic carbocycles. The predicted octanol–water partition coefficient (Wildman–Crippen LogP) is 2.24. The summed E-state index contributed by atoms with van der Waals surface area (Å²) in [6.45, 7) is 2.86. The molecule has 0 bridgehead atoms. The lowest BCUT2D eigenvalue weighted by Gasteiger charge is -2.34. The van der Waals surface area contributed by atoms with Gasteiger partial charge in [0.1, 0.15) is 10.0 Å². The molecule has 2 aromatic rings. The average Bonchev–Trinajstić information content (AvgIpc) is 3.13. The van der Waals surface area contributed by atoms with Crippen LogP contribution in [0.1, 0.15) is 11.6 Å². The molecule has 2 heterocycles. The molecule has 0 radical (unpaired) electrons. The number of thiophene rings is 1. The van der Waals surface area contributed by atoms with Crippen LogP contribution >= 0.6 is 11.3 Å². The smallest absolute Gasteiger partial charge is 0.250 e. The van der Waals surface area contributed by atoms with E-state index in [1.54, 1.807) is 29.6 Å². The van der Waals surface area contributed by atoms with E-state index in [9.17, 15) is 12.8 Å². The fraction of sp³-hybridized carbons (Fsp3) is 0.375. The molecule has 1 aliphatic heterocycles. The van der Waals surface area contributed by atoms with Gasteiger partial charge in [-0.05, 0) is 29.1 Å². The first-order valence-corrected chi connectivity index (χ1v) is 10.0. The number of nitrogens with zero attached hydrogens (tertiary/aromatic N) is 1. The van der Waals surface area contributed by atoms with Crippen molar-refractivity contribution in [2.75, 3.05) is 32.8 Å². The highest BCUT2D eigenvalue weighted by atomic mass is 32.2. The van der Waals surface area contributed by atoms with Gasteiger partial charge in [0.25, 0.3) is 0 Å². The van der Waals surface area contributed by atoms with E-state index in [-0.39, 0.29) is 18.4 Å². The highest BCUT2D eigenvalue weighted by molar-refractivity contribution is 7.91. The van der Waals surface area contributed by atoms with Gasteiger partial charge in [-0.15, -0.1) is 11.3 Å². The molecular weight excluding hydrogens is 351 g/mol. The summed E-state index contributed by atoms with van der Waals surface area (Å²) in [7, 11) is -3.53. The molecule has 8 heteroatoms. The van der Waals surface area contributed by atoms with Gasteiger partial charge >= 0.3 is 0 Å². The maximum atomic E-state index is 13.2. The summed E-state index contributed by atoms with van der Waals surface area (Å²) in [4.78, 5) is 2.16. The minimum Gasteiger partial charge on any atom is -0.379 e. The van der Waals surface area contributed by atoms with Crippen LogP contribution in [-0.2, 0) is 14.8 Å². The lowest BCUT2D eigenvalue weighted by molar-refractivity contribution is 0.0172. The van der Waals surface area contributed by atoms with Crippen LogP contribution in [0, 0.1) is 5.82 Å². The lowest BCUT2D eigenvalue weighted by Crippen LogP contribution is -2.43. The molecule has 1 fully saturated rings. The third kappa shape index (κ3) is 4.20. The third-order valence-corrected chi connectivity index (χ3v) is 6.79. The Kier molecular flexibility index (Phi) is 5.62. The van der Waals surface area contributed by atoms with Gasteiger partial charge in [-0.3, -0.25) is 4.90 Å². The molecule has 5 nitrogen and oxygen atoms in total. The average molecular weight is 370 g/mol. The summed E-state index contributed by atoms with van der Waals surface area (Å²) < 4.78 is 46.3. The number of ether oxygens (including phenoxy) is 1. The highest BCUT2D eigenvalue weighted by Crippen LogP contribution is 2.23. The van der Waals surface area contributed by atoms with Gasteiger partial charge in [0.2, 0.25) is 10.0 Å². The van der Waals surface area contributed by atoms with Crippen molar-refractivity contribution in [3.8, 4) is 0 Å². The minimum atomic E-state index is -3.53. The standard InChI is InChI=1S/C16H19FN2O3S2/c17-14-5-3-13(4-6-14)15(19-7-9-22-10-8-19)12-18-24(20,21)16-2-1-11-23-16/h1-6,11,15,18H,7-10,12H2. The normalized spacial score (nSPS) is 17.7. The van der Waals surface area contributed by atoms with Crippen molar-refractivity contribution < 1.29 is 17.5 Å². The molecular formula is C16H19FN2O3S2.